The molecule has 86 valence electrons. The lowest BCUT2D eigenvalue weighted by molar-refractivity contribution is 0.414. The van der Waals surface area contributed by atoms with Crippen LogP contribution < -0.4 is 0 Å². The fourth-order valence-electron chi connectivity index (χ4n) is 2.16. The zero-order chi connectivity index (χ0) is 10.9. The molecule has 1 rings (SSSR count). The highest BCUT2D eigenvalue weighted by atomic mass is 16.4. The van der Waals surface area contributed by atoms with Gasteiger partial charge in [0, 0.05) is 0 Å². The van der Waals surface area contributed by atoms with E-state index in [-0.39, 0.29) is 0 Å². The van der Waals surface area contributed by atoms with Gasteiger partial charge in [0.25, 0.3) is 0 Å². The Morgan fingerprint density at radius 3 is 1.93 bits per heavy atom. The van der Waals surface area contributed by atoms with Crippen LogP contribution in [0.4, 0.5) is 0 Å². The molecule has 0 bridgehead atoms. The lowest BCUT2D eigenvalue weighted by atomic mass is 9.75. The van der Waals surface area contributed by atoms with Crippen molar-refractivity contribution in [3.8, 4) is 0 Å². The van der Waals surface area contributed by atoms with Crippen molar-refractivity contribution in [3.63, 3.8) is 0 Å². The molecule has 0 fully saturated rings. The van der Waals surface area contributed by atoms with E-state index in [1.54, 1.807) is 0 Å². The van der Waals surface area contributed by atoms with Crippen LogP contribution in [-0.2, 0) is 0 Å². The van der Waals surface area contributed by atoms with Gasteiger partial charge >= 0.3 is 7.12 Å². The van der Waals surface area contributed by atoms with Crippen LogP contribution in [0, 0.1) is 0 Å². The van der Waals surface area contributed by atoms with E-state index in [4.69, 9.17) is 10.0 Å². The van der Waals surface area contributed by atoms with E-state index in [0.717, 1.165) is 24.7 Å². The zero-order valence-corrected chi connectivity index (χ0v) is 9.62. The van der Waals surface area contributed by atoms with Crippen LogP contribution in [0.25, 0.3) is 0 Å². The Bertz CT molecular complexity index is 190. The van der Waals surface area contributed by atoms with Gasteiger partial charge in [0.2, 0.25) is 0 Å². The van der Waals surface area contributed by atoms with E-state index in [1.165, 1.54) is 44.9 Å². The highest BCUT2D eigenvalue weighted by Crippen LogP contribution is 2.17. The van der Waals surface area contributed by atoms with E-state index in [1.807, 2.05) is 6.08 Å². The highest BCUT2D eigenvalue weighted by molar-refractivity contribution is 6.50. The molecule has 0 aromatic carbocycles. The minimum absolute atomic E-state index is 0.829. The van der Waals surface area contributed by atoms with Crippen molar-refractivity contribution in [2.45, 2.75) is 64.2 Å². The topological polar surface area (TPSA) is 40.5 Å². The van der Waals surface area contributed by atoms with Crippen LogP contribution in [0.5, 0.6) is 0 Å². The molecule has 0 saturated carbocycles. The third kappa shape index (κ3) is 6.01. The molecule has 2 nitrogen and oxygen atoms in total. The van der Waals surface area contributed by atoms with E-state index in [2.05, 4.69) is 0 Å². The highest BCUT2D eigenvalue weighted by Gasteiger charge is 2.13. The summed E-state index contributed by atoms with van der Waals surface area (Å²) in [7, 11) is -1.23. The maximum Gasteiger partial charge on any atom is 0.483 e. The summed E-state index contributed by atoms with van der Waals surface area (Å²) in [5.74, 6) is 0. The monoisotopic (exact) mass is 210 g/mol. The first-order chi connectivity index (χ1) is 7.30. The Kier molecular flexibility index (Phi) is 6.78. The third-order valence-electron chi connectivity index (χ3n) is 3.16. The predicted molar refractivity (Wildman–Crippen MR) is 64.4 cm³/mol. The van der Waals surface area contributed by atoms with Gasteiger partial charge in [0.05, 0.1) is 0 Å². The van der Waals surface area contributed by atoms with Crippen LogP contribution in [0.1, 0.15) is 64.2 Å². The molecule has 0 aromatic heterocycles. The van der Waals surface area contributed by atoms with Gasteiger partial charge in [-0.3, -0.25) is 0 Å². The molecule has 2 N–H and O–H groups in total. The standard InChI is InChI=1S/C12H23BO2/c14-13(15)12-10-8-6-4-2-1-3-5-7-9-11-12/h10,14-15H,1-9,11H2/b12-10+. The van der Waals surface area contributed by atoms with Crippen LogP contribution in [0.15, 0.2) is 11.5 Å². The van der Waals surface area contributed by atoms with Gasteiger partial charge in [-0.15, -0.1) is 0 Å². The van der Waals surface area contributed by atoms with Crippen molar-refractivity contribution in [2.24, 2.45) is 0 Å². The van der Waals surface area contributed by atoms with Crippen LogP contribution in [0.3, 0.4) is 0 Å². The molecule has 0 aliphatic heterocycles. The van der Waals surface area contributed by atoms with Gasteiger partial charge in [0.15, 0.2) is 0 Å². The SMILES string of the molecule is OB(O)/C1=C/CCCCCCCCCC1. The maximum absolute atomic E-state index is 9.17. The fourth-order valence-corrected chi connectivity index (χ4v) is 2.16. The molecule has 0 aromatic rings. The molecule has 0 radical (unpaired) electrons. The van der Waals surface area contributed by atoms with Crippen molar-refractivity contribution in [2.75, 3.05) is 0 Å². The zero-order valence-electron chi connectivity index (χ0n) is 9.62. The quantitative estimate of drug-likeness (QED) is 0.653. The molecule has 1 aliphatic carbocycles. The summed E-state index contributed by atoms with van der Waals surface area (Å²) in [5.41, 5.74) is 0.829. The molecular formula is C12H23BO2. The van der Waals surface area contributed by atoms with Gasteiger partial charge < -0.3 is 10.0 Å². The molecule has 0 amide bonds. The second-order valence-corrected chi connectivity index (χ2v) is 4.52. The lowest BCUT2D eigenvalue weighted by Gasteiger charge is -2.08. The van der Waals surface area contributed by atoms with Crippen molar-refractivity contribution < 1.29 is 10.0 Å². The fraction of sp³-hybridized carbons (Fsp3) is 0.833. The first-order valence-electron chi connectivity index (χ1n) is 6.36. The summed E-state index contributed by atoms with van der Waals surface area (Å²) in [4.78, 5) is 0. The molecule has 0 unspecified atom stereocenters. The number of allylic oxidation sites excluding steroid dienone is 2. The molecule has 0 spiro atoms. The summed E-state index contributed by atoms with van der Waals surface area (Å²) < 4.78 is 0. The van der Waals surface area contributed by atoms with Gasteiger partial charge in [-0.2, -0.15) is 0 Å². The average molecular weight is 210 g/mol. The number of rotatable bonds is 1. The Labute approximate surface area is 93.5 Å². The molecule has 3 heteroatoms. The molecule has 0 heterocycles. The lowest BCUT2D eigenvalue weighted by Crippen LogP contribution is -2.15. The van der Waals surface area contributed by atoms with Crippen LogP contribution in [-0.4, -0.2) is 17.2 Å². The molecular weight excluding hydrogens is 187 g/mol. The Morgan fingerprint density at radius 1 is 0.800 bits per heavy atom. The summed E-state index contributed by atoms with van der Waals surface area (Å²) in [6.07, 6.45) is 14.1. The molecule has 1 aliphatic rings. The maximum atomic E-state index is 9.17. The van der Waals surface area contributed by atoms with Gasteiger partial charge in [-0.05, 0) is 24.7 Å². The van der Waals surface area contributed by atoms with E-state index in [9.17, 15) is 0 Å². The van der Waals surface area contributed by atoms with Gasteiger partial charge in [-0.1, -0.05) is 51.0 Å². The summed E-state index contributed by atoms with van der Waals surface area (Å²) in [6.45, 7) is 0. The van der Waals surface area contributed by atoms with E-state index in [0.29, 0.717) is 0 Å². The third-order valence-corrected chi connectivity index (χ3v) is 3.16. The van der Waals surface area contributed by atoms with Gasteiger partial charge in [0.1, 0.15) is 0 Å². The normalized spacial score (nSPS) is 24.5. The molecule has 0 atom stereocenters. The minimum Gasteiger partial charge on any atom is -0.423 e. The minimum atomic E-state index is -1.23. The van der Waals surface area contributed by atoms with Gasteiger partial charge in [-0.25, -0.2) is 0 Å². The Morgan fingerprint density at radius 2 is 1.33 bits per heavy atom. The van der Waals surface area contributed by atoms with Crippen LogP contribution >= 0.6 is 0 Å². The van der Waals surface area contributed by atoms with Crippen LogP contribution in [0.2, 0.25) is 0 Å². The summed E-state index contributed by atoms with van der Waals surface area (Å²) in [5, 5.41) is 18.3. The second-order valence-electron chi connectivity index (χ2n) is 4.52. The van der Waals surface area contributed by atoms with E-state index >= 15 is 0 Å². The Balaban J connectivity index is 2.38. The van der Waals surface area contributed by atoms with Crippen molar-refractivity contribution in [3.05, 3.63) is 11.5 Å². The van der Waals surface area contributed by atoms with Crippen molar-refractivity contribution in [1.29, 1.82) is 0 Å². The first kappa shape index (κ1) is 12.8. The molecule has 15 heavy (non-hydrogen) atoms. The van der Waals surface area contributed by atoms with E-state index < -0.39 is 7.12 Å². The average Bonchev–Trinajstić information content (AvgIpc) is 2.18. The number of hydrogen-bond acceptors (Lipinski definition) is 2. The summed E-state index contributed by atoms with van der Waals surface area (Å²) in [6, 6.07) is 0. The number of hydrogen-bond donors (Lipinski definition) is 2. The smallest absolute Gasteiger partial charge is 0.423 e. The molecule has 0 saturated heterocycles. The largest absolute Gasteiger partial charge is 0.483 e. The Hall–Kier alpha value is -0.275. The second kappa shape index (κ2) is 7.94. The summed E-state index contributed by atoms with van der Waals surface area (Å²) >= 11 is 0. The predicted octanol–water partition coefficient (Wildman–Crippen LogP) is 2.84. The van der Waals surface area contributed by atoms with Crippen molar-refractivity contribution >= 4 is 7.12 Å². The van der Waals surface area contributed by atoms with Crippen molar-refractivity contribution in [1.82, 2.24) is 0 Å². The first-order valence-corrected chi connectivity index (χ1v) is 6.36.